The van der Waals surface area contributed by atoms with Crippen LogP contribution < -0.4 is 4.74 Å². The maximum absolute atomic E-state index is 12.6. The van der Waals surface area contributed by atoms with Crippen LogP contribution in [0.4, 0.5) is 13.2 Å². The standard InChI is InChI=1S/C39H40ClF3O6/c1-26-34(45-22-28-10-6-4-7-11-28)35(46-23-29-12-8-5-9-13-29)39(48-24-37(26,49-39)36(2,3)44)31-16-19-33(40)30(21-31)20-27-14-17-32(18-15-27)47-25-38(41,42)43/h4-19,21,26,34-35,44H,20,22-25H2,1-3H3/t26-,34-,35+,37-,39-/m0/s1. The van der Waals surface area contributed by atoms with E-state index in [9.17, 15) is 18.3 Å². The Morgan fingerprint density at radius 2 is 1.45 bits per heavy atom. The molecule has 0 aromatic heterocycles. The lowest BCUT2D eigenvalue weighted by Crippen LogP contribution is -2.68. The summed E-state index contributed by atoms with van der Waals surface area (Å²) in [6, 6.07) is 31.6. The lowest BCUT2D eigenvalue weighted by Gasteiger charge is -2.54. The van der Waals surface area contributed by atoms with Gasteiger partial charge in [-0.05, 0) is 66.8 Å². The van der Waals surface area contributed by atoms with Gasteiger partial charge in [-0.2, -0.15) is 13.2 Å². The van der Waals surface area contributed by atoms with Crippen molar-refractivity contribution in [1.29, 1.82) is 0 Å². The minimum Gasteiger partial charge on any atom is -0.484 e. The van der Waals surface area contributed by atoms with Crippen LogP contribution in [0.5, 0.6) is 5.75 Å². The van der Waals surface area contributed by atoms with Crippen molar-refractivity contribution < 1.29 is 42.0 Å². The normalized spacial score (nSPS) is 25.3. The fourth-order valence-corrected chi connectivity index (χ4v) is 6.98. The molecule has 0 unspecified atom stereocenters. The molecule has 2 saturated heterocycles. The highest BCUT2D eigenvalue weighted by Crippen LogP contribution is 2.57. The quantitative estimate of drug-likeness (QED) is 0.161. The zero-order valence-corrected chi connectivity index (χ0v) is 28.3. The Morgan fingerprint density at radius 1 is 0.837 bits per heavy atom. The van der Waals surface area contributed by atoms with Crippen molar-refractivity contribution in [3.05, 3.63) is 136 Å². The molecule has 0 spiro atoms. The van der Waals surface area contributed by atoms with E-state index < -0.39 is 42.0 Å². The van der Waals surface area contributed by atoms with E-state index in [1.54, 1.807) is 32.0 Å². The highest BCUT2D eigenvalue weighted by Gasteiger charge is 2.71. The summed E-state index contributed by atoms with van der Waals surface area (Å²) in [5, 5.41) is 12.1. The Labute approximate surface area is 289 Å². The zero-order chi connectivity index (χ0) is 34.9. The predicted molar refractivity (Wildman–Crippen MR) is 179 cm³/mol. The number of fused-ring (bicyclic) bond motifs is 2. The molecule has 2 aliphatic heterocycles. The van der Waals surface area contributed by atoms with Gasteiger partial charge in [-0.25, -0.2) is 0 Å². The van der Waals surface area contributed by atoms with E-state index in [1.807, 2.05) is 79.7 Å². The van der Waals surface area contributed by atoms with Gasteiger partial charge in [0.25, 0.3) is 0 Å². The molecule has 2 heterocycles. The SMILES string of the molecule is C[C@H]1[C@H](OCc2ccccc2)[C@@H](OCc2ccccc2)[C@@]2(c3ccc(Cl)c(Cc4ccc(OCC(F)(F)F)cc4)c3)OC[C@]1(C(C)(C)O)O2. The number of hydrogen-bond acceptors (Lipinski definition) is 6. The first-order valence-electron chi connectivity index (χ1n) is 16.2. The lowest BCUT2D eigenvalue weighted by atomic mass is 9.70. The maximum Gasteiger partial charge on any atom is 0.422 e. The highest BCUT2D eigenvalue weighted by atomic mass is 35.5. The van der Waals surface area contributed by atoms with Gasteiger partial charge in [0, 0.05) is 16.5 Å². The third-order valence-corrected chi connectivity index (χ3v) is 9.87. The van der Waals surface area contributed by atoms with Gasteiger partial charge >= 0.3 is 6.18 Å². The van der Waals surface area contributed by atoms with Gasteiger partial charge in [0.15, 0.2) is 6.61 Å². The number of rotatable bonds is 12. The molecule has 10 heteroatoms. The molecule has 0 saturated carbocycles. The minimum absolute atomic E-state index is 0.0887. The summed E-state index contributed by atoms with van der Waals surface area (Å²) >= 11 is 6.73. The largest absolute Gasteiger partial charge is 0.484 e. The van der Waals surface area contributed by atoms with Crippen LogP contribution in [-0.2, 0) is 44.4 Å². The van der Waals surface area contributed by atoms with Crippen molar-refractivity contribution >= 4 is 11.6 Å². The predicted octanol–water partition coefficient (Wildman–Crippen LogP) is 8.40. The van der Waals surface area contributed by atoms with E-state index in [1.165, 1.54) is 12.1 Å². The van der Waals surface area contributed by atoms with Gasteiger partial charge in [0.2, 0.25) is 5.79 Å². The van der Waals surface area contributed by atoms with Gasteiger partial charge in [0.1, 0.15) is 17.5 Å². The molecule has 4 aromatic carbocycles. The molecule has 0 amide bonds. The highest BCUT2D eigenvalue weighted by molar-refractivity contribution is 6.31. The third kappa shape index (κ3) is 7.53. The van der Waals surface area contributed by atoms with Crippen molar-refractivity contribution in [3.8, 4) is 5.75 Å². The fourth-order valence-electron chi connectivity index (χ4n) is 6.80. The second-order valence-corrected chi connectivity index (χ2v) is 13.7. The average Bonchev–Trinajstić information content (AvgIpc) is 3.46. The molecule has 49 heavy (non-hydrogen) atoms. The zero-order valence-electron chi connectivity index (χ0n) is 27.6. The van der Waals surface area contributed by atoms with E-state index in [0.717, 1.165) is 22.3 Å². The molecule has 6 rings (SSSR count). The van der Waals surface area contributed by atoms with Gasteiger partial charge in [0.05, 0.1) is 31.5 Å². The summed E-state index contributed by atoms with van der Waals surface area (Å²) in [7, 11) is 0. The van der Waals surface area contributed by atoms with Crippen molar-refractivity contribution in [2.75, 3.05) is 13.2 Å². The molecule has 260 valence electrons. The number of hydrogen-bond donors (Lipinski definition) is 1. The topological polar surface area (TPSA) is 66.4 Å². The molecule has 0 radical (unpaired) electrons. The van der Waals surface area contributed by atoms with Crippen LogP contribution in [0.3, 0.4) is 0 Å². The second kappa shape index (κ2) is 14.1. The molecule has 4 aromatic rings. The first-order chi connectivity index (χ1) is 23.3. The van der Waals surface area contributed by atoms with Crippen molar-refractivity contribution in [3.63, 3.8) is 0 Å². The van der Waals surface area contributed by atoms with Crippen LogP contribution in [0.2, 0.25) is 5.02 Å². The molecule has 1 N–H and O–H groups in total. The molecule has 5 atom stereocenters. The van der Waals surface area contributed by atoms with Gasteiger partial charge in [-0.3, -0.25) is 0 Å². The van der Waals surface area contributed by atoms with Gasteiger partial charge < -0.3 is 28.8 Å². The second-order valence-electron chi connectivity index (χ2n) is 13.3. The Balaban J connectivity index is 1.37. The summed E-state index contributed by atoms with van der Waals surface area (Å²) in [5.41, 5.74) is 1.68. The molecular weight excluding hydrogens is 657 g/mol. The summed E-state index contributed by atoms with van der Waals surface area (Å²) in [5.74, 6) is -1.71. The summed E-state index contributed by atoms with van der Waals surface area (Å²) in [6.45, 7) is 4.74. The maximum atomic E-state index is 12.6. The van der Waals surface area contributed by atoms with E-state index in [2.05, 4.69) is 0 Å². The molecular formula is C39H40ClF3O6. The molecule has 2 bridgehead atoms. The number of aliphatic hydroxyl groups is 1. The van der Waals surface area contributed by atoms with Crippen LogP contribution in [0.25, 0.3) is 0 Å². The first kappa shape index (κ1) is 35.4. The third-order valence-electron chi connectivity index (χ3n) is 9.50. The van der Waals surface area contributed by atoms with Crippen LogP contribution in [0.15, 0.2) is 103 Å². The number of benzene rings is 4. The van der Waals surface area contributed by atoms with Crippen molar-refractivity contribution in [1.82, 2.24) is 0 Å². The minimum atomic E-state index is -4.43. The van der Waals surface area contributed by atoms with Crippen LogP contribution in [-0.4, -0.2) is 47.9 Å². The smallest absolute Gasteiger partial charge is 0.422 e. The Hall–Kier alpha value is -3.44. The molecule has 2 fully saturated rings. The number of ether oxygens (including phenoxy) is 5. The fraction of sp³-hybridized carbons (Fsp3) is 0.385. The summed E-state index contributed by atoms with van der Waals surface area (Å²) in [6.07, 6.45) is -5.37. The molecule has 0 aliphatic carbocycles. The van der Waals surface area contributed by atoms with E-state index in [-0.39, 0.29) is 24.9 Å². The van der Waals surface area contributed by atoms with Crippen LogP contribution >= 0.6 is 11.6 Å². The number of halogens is 4. The first-order valence-corrected chi connectivity index (χ1v) is 16.6. The summed E-state index contributed by atoms with van der Waals surface area (Å²) < 4.78 is 70.0. The summed E-state index contributed by atoms with van der Waals surface area (Å²) in [4.78, 5) is 0. The Bertz CT molecular complexity index is 1700. The molecule has 6 nitrogen and oxygen atoms in total. The molecule has 2 aliphatic rings. The van der Waals surface area contributed by atoms with Gasteiger partial charge in [-0.15, -0.1) is 0 Å². The Morgan fingerprint density at radius 3 is 2.04 bits per heavy atom. The number of alkyl halides is 3. The Kier molecular flexibility index (Phi) is 10.2. The van der Waals surface area contributed by atoms with Crippen LogP contribution in [0, 0.1) is 5.92 Å². The van der Waals surface area contributed by atoms with Crippen LogP contribution in [0.1, 0.15) is 48.6 Å². The van der Waals surface area contributed by atoms with Gasteiger partial charge in [-0.1, -0.05) is 97.4 Å². The van der Waals surface area contributed by atoms with Crippen molar-refractivity contribution in [2.45, 2.75) is 75.8 Å². The average molecular weight is 697 g/mol. The monoisotopic (exact) mass is 696 g/mol. The van der Waals surface area contributed by atoms with Crippen molar-refractivity contribution in [2.24, 2.45) is 5.92 Å². The lowest BCUT2D eigenvalue weighted by molar-refractivity contribution is -0.352. The van der Waals surface area contributed by atoms with E-state index in [4.69, 9.17) is 35.3 Å². The van der Waals surface area contributed by atoms with E-state index >= 15 is 0 Å². The van der Waals surface area contributed by atoms with E-state index in [0.29, 0.717) is 23.6 Å².